The van der Waals surface area contributed by atoms with Crippen LogP contribution in [0, 0.1) is 5.41 Å². The molecule has 110 valence electrons. The smallest absolute Gasteiger partial charge is 0.403 e. The number of rotatable bonds is 3. The lowest BCUT2D eigenvalue weighted by Gasteiger charge is -2.32. The van der Waals surface area contributed by atoms with Gasteiger partial charge in [-0.15, -0.1) is 0 Å². The van der Waals surface area contributed by atoms with Crippen molar-refractivity contribution in [3.8, 4) is 0 Å². The Bertz CT molecular complexity index is 523. The van der Waals surface area contributed by atoms with E-state index in [1.54, 1.807) is 6.07 Å². The first-order valence-electron chi connectivity index (χ1n) is 7.23. The van der Waals surface area contributed by atoms with Crippen LogP contribution in [0.1, 0.15) is 47.6 Å². The van der Waals surface area contributed by atoms with Crippen LogP contribution in [0.2, 0.25) is 5.82 Å². The van der Waals surface area contributed by atoms with Gasteiger partial charge in [0.05, 0.1) is 11.2 Å². The first kappa shape index (κ1) is 15.3. The molecule has 2 atom stereocenters. The van der Waals surface area contributed by atoms with Crippen LogP contribution in [0.15, 0.2) is 24.4 Å². The van der Waals surface area contributed by atoms with Gasteiger partial charge in [-0.3, -0.25) is 5.41 Å². The van der Waals surface area contributed by atoms with Gasteiger partial charge in [0.1, 0.15) is 5.49 Å². The highest BCUT2D eigenvalue weighted by Gasteiger charge is 2.53. The van der Waals surface area contributed by atoms with E-state index in [9.17, 15) is 0 Å². The van der Waals surface area contributed by atoms with Crippen molar-refractivity contribution >= 4 is 7.12 Å². The Labute approximate surface area is 121 Å². The van der Waals surface area contributed by atoms with Crippen LogP contribution in [-0.2, 0) is 9.31 Å². The summed E-state index contributed by atoms with van der Waals surface area (Å²) < 4.78 is 14.2. The molecule has 1 N–H and O–H groups in total. The highest BCUT2D eigenvalue weighted by molar-refractivity contribution is 6.47. The third-order valence-electron chi connectivity index (χ3n) is 4.79. The third-order valence-corrected chi connectivity index (χ3v) is 4.79. The molecular formula is C15H25BN2O2. The molecule has 1 aliphatic heterocycles. The van der Waals surface area contributed by atoms with Crippen LogP contribution < -0.4 is 5.49 Å². The van der Waals surface area contributed by atoms with Gasteiger partial charge in [-0.1, -0.05) is 13.0 Å². The quantitative estimate of drug-likeness (QED) is 0.863. The lowest BCUT2D eigenvalue weighted by molar-refractivity contribution is 0.00578. The van der Waals surface area contributed by atoms with Crippen molar-refractivity contribution in [2.45, 2.75) is 64.6 Å². The van der Waals surface area contributed by atoms with Gasteiger partial charge in [0.2, 0.25) is 0 Å². The van der Waals surface area contributed by atoms with Crippen molar-refractivity contribution in [2.24, 2.45) is 0 Å². The van der Waals surface area contributed by atoms with Crippen molar-refractivity contribution < 1.29 is 9.31 Å². The number of nitrogens with zero attached hydrogens (tertiary/aromatic N) is 1. The van der Waals surface area contributed by atoms with Gasteiger partial charge in [0, 0.05) is 18.1 Å². The highest BCUT2D eigenvalue weighted by Crippen LogP contribution is 2.42. The van der Waals surface area contributed by atoms with E-state index < -0.39 is 0 Å². The Balaban J connectivity index is 2.19. The second-order valence-corrected chi connectivity index (χ2v) is 6.72. The molecule has 1 fully saturated rings. The minimum Gasteiger partial charge on any atom is -0.403 e. The van der Waals surface area contributed by atoms with E-state index in [-0.39, 0.29) is 30.2 Å². The molecule has 1 unspecified atom stereocenters. The minimum atomic E-state index is -0.309. The summed E-state index contributed by atoms with van der Waals surface area (Å²) in [6.07, 6.45) is 1.94. The largest absolute Gasteiger partial charge is 0.462 e. The van der Waals surface area contributed by atoms with Crippen molar-refractivity contribution in [1.82, 2.24) is 4.57 Å². The van der Waals surface area contributed by atoms with E-state index in [4.69, 9.17) is 14.7 Å². The summed E-state index contributed by atoms with van der Waals surface area (Å²) in [6.45, 7) is 12.5. The molecule has 1 aromatic heterocycles. The average Bonchev–Trinajstić information content (AvgIpc) is 2.57. The van der Waals surface area contributed by atoms with Gasteiger partial charge in [0.25, 0.3) is 0 Å². The maximum atomic E-state index is 8.00. The molecule has 0 spiro atoms. The van der Waals surface area contributed by atoms with Crippen molar-refractivity contribution in [1.29, 1.82) is 5.41 Å². The molecule has 0 saturated carbocycles. The molecule has 1 aromatic rings. The predicted molar refractivity (Wildman–Crippen MR) is 80.5 cm³/mol. The molecule has 0 aliphatic carbocycles. The van der Waals surface area contributed by atoms with E-state index >= 15 is 0 Å². The number of hydrogen-bond acceptors (Lipinski definition) is 3. The zero-order chi connectivity index (χ0) is 15.1. The molecule has 20 heavy (non-hydrogen) atoms. The number of hydrogen-bond donors (Lipinski definition) is 1. The van der Waals surface area contributed by atoms with Gasteiger partial charge in [0.15, 0.2) is 0 Å². The fourth-order valence-electron chi connectivity index (χ4n) is 2.39. The lowest BCUT2D eigenvalue weighted by Crippen LogP contribution is -2.41. The fourth-order valence-corrected chi connectivity index (χ4v) is 2.39. The molecule has 1 aliphatic rings. The molecule has 4 nitrogen and oxygen atoms in total. The highest BCUT2D eigenvalue weighted by atomic mass is 16.7. The van der Waals surface area contributed by atoms with Crippen LogP contribution in [0.4, 0.5) is 0 Å². The van der Waals surface area contributed by atoms with E-state index in [1.807, 2.05) is 22.9 Å². The zero-order valence-corrected chi connectivity index (χ0v) is 13.3. The summed E-state index contributed by atoms with van der Waals surface area (Å²) in [4.78, 5) is 0. The molecule has 0 amide bonds. The Hall–Kier alpha value is -1.07. The van der Waals surface area contributed by atoms with Gasteiger partial charge >= 0.3 is 7.12 Å². The maximum absolute atomic E-state index is 8.00. The summed E-state index contributed by atoms with van der Waals surface area (Å²) in [5.41, 5.74) is -0.114. The predicted octanol–water partition coefficient (Wildman–Crippen LogP) is 3.01. The first-order chi connectivity index (χ1) is 9.16. The molecule has 0 bridgehead atoms. The number of nitrogens with one attached hydrogen (secondary N) is 1. The van der Waals surface area contributed by atoms with Gasteiger partial charge < -0.3 is 13.9 Å². The van der Waals surface area contributed by atoms with Gasteiger partial charge in [-0.05, 0) is 46.8 Å². The third kappa shape index (κ3) is 2.57. The van der Waals surface area contributed by atoms with Crippen molar-refractivity contribution in [3.63, 3.8) is 0 Å². The van der Waals surface area contributed by atoms with Crippen LogP contribution >= 0.6 is 0 Å². The molecule has 0 aromatic carbocycles. The van der Waals surface area contributed by atoms with Crippen molar-refractivity contribution in [2.75, 3.05) is 0 Å². The monoisotopic (exact) mass is 276 g/mol. The topological polar surface area (TPSA) is 47.2 Å². The standard InChI is InChI=1S/C15H25BN2O2/c1-11(12(2)18-10-8-7-9-13(18)17)16-19-14(3,4)15(5,6)20-16/h7-12,17H,1-6H3/t11-,12?/m1/s1. The van der Waals surface area contributed by atoms with Crippen molar-refractivity contribution in [3.05, 3.63) is 29.9 Å². The SMILES string of the molecule is CC([C@@H](C)B1OC(C)(C)C(C)(C)O1)n1ccccc1=N. The summed E-state index contributed by atoms with van der Waals surface area (Å²) in [5, 5.41) is 8.00. The summed E-state index contributed by atoms with van der Waals surface area (Å²) in [5.74, 6) is 0.160. The van der Waals surface area contributed by atoms with Crippen LogP contribution in [0.25, 0.3) is 0 Å². The number of aromatic nitrogens is 1. The minimum absolute atomic E-state index is 0.137. The van der Waals surface area contributed by atoms with Gasteiger partial charge in [-0.25, -0.2) is 0 Å². The molecule has 0 radical (unpaired) electrons. The summed E-state index contributed by atoms with van der Waals surface area (Å²) in [6, 6.07) is 5.77. The molecule has 2 heterocycles. The van der Waals surface area contributed by atoms with E-state index in [0.29, 0.717) is 5.49 Å². The fraction of sp³-hybridized carbons (Fsp3) is 0.667. The van der Waals surface area contributed by atoms with E-state index in [0.717, 1.165) is 0 Å². The second kappa shape index (κ2) is 5.04. The van der Waals surface area contributed by atoms with E-state index in [1.165, 1.54) is 0 Å². The van der Waals surface area contributed by atoms with Crippen LogP contribution in [0.5, 0.6) is 0 Å². The molecular weight excluding hydrogens is 251 g/mol. The van der Waals surface area contributed by atoms with Gasteiger partial charge in [-0.2, -0.15) is 0 Å². The van der Waals surface area contributed by atoms with Crippen LogP contribution in [0.3, 0.4) is 0 Å². The summed E-state index contributed by atoms with van der Waals surface area (Å²) >= 11 is 0. The Morgan fingerprint density at radius 1 is 1.10 bits per heavy atom. The maximum Gasteiger partial charge on any atom is 0.462 e. The Morgan fingerprint density at radius 3 is 2.15 bits per heavy atom. The first-order valence-corrected chi connectivity index (χ1v) is 7.23. The van der Waals surface area contributed by atoms with Crippen LogP contribution in [-0.4, -0.2) is 22.9 Å². The number of pyridine rings is 1. The summed E-state index contributed by atoms with van der Waals surface area (Å²) in [7, 11) is -0.248. The zero-order valence-electron chi connectivity index (χ0n) is 13.3. The lowest BCUT2D eigenvalue weighted by atomic mass is 9.69. The average molecular weight is 276 g/mol. The second-order valence-electron chi connectivity index (χ2n) is 6.72. The Morgan fingerprint density at radius 2 is 1.65 bits per heavy atom. The van der Waals surface area contributed by atoms with E-state index in [2.05, 4.69) is 41.5 Å². The normalized spacial score (nSPS) is 23.6. The Kier molecular flexibility index (Phi) is 3.86. The molecule has 2 rings (SSSR count). The molecule has 5 heteroatoms. The molecule has 1 saturated heterocycles.